The summed E-state index contributed by atoms with van der Waals surface area (Å²) in [5, 5.41) is 5.83. The van der Waals surface area contributed by atoms with Crippen molar-refractivity contribution in [3.63, 3.8) is 0 Å². The fourth-order valence-electron chi connectivity index (χ4n) is 3.24. The highest BCUT2D eigenvalue weighted by atomic mass is 16.2. The van der Waals surface area contributed by atoms with Crippen molar-refractivity contribution in [3.8, 4) is 0 Å². The van der Waals surface area contributed by atoms with Gasteiger partial charge < -0.3 is 15.5 Å². The Morgan fingerprint density at radius 3 is 2.87 bits per heavy atom. The molecule has 2 saturated heterocycles. The van der Waals surface area contributed by atoms with Gasteiger partial charge in [0.05, 0.1) is 0 Å². The summed E-state index contributed by atoms with van der Waals surface area (Å²) in [4.78, 5) is 27.7. The second-order valence-electron chi connectivity index (χ2n) is 6.28. The lowest BCUT2D eigenvalue weighted by atomic mass is 10.0. The number of benzene rings is 1. The molecule has 1 aromatic rings. The molecule has 124 valence electrons. The van der Waals surface area contributed by atoms with Crippen LogP contribution in [0.5, 0.6) is 0 Å². The topological polar surface area (TPSA) is 64.7 Å². The number of piperidine rings is 1. The minimum absolute atomic E-state index is 0.0826. The summed E-state index contributed by atoms with van der Waals surface area (Å²) in [5.74, 6) is -0.0826. The number of likely N-dealkylation sites (tertiary alicyclic amines) is 1. The molecule has 3 amide bonds. The first-order valence-electron chi connectivity index (χ1n) is 8.29. The fraction of sp³-hybridized carbons (Fsp3) is 0.529. The van der Waals surface area contributed by atoms with Crippen molar-refractivity contribution < 1.29 is 9.59 Å². The standard InChI is InChI=1S/C17H24N4O2/c22-16-13-21(10-8-18-16)17(23)19-15-7-4-9-20(12-15)11-14-5-2-1-3-6-14/h1-3,5-6,15H,4,7-13H2,(H,18,22)(H,19,23). The molecule has 0 aromatic heterocycles. The van der Waals surface area contributed by atoms with Gasteiger partial charge in [0.1, 0.15) is 6.54 Å². The summed E-state index contributed by atoms with van der Waals surface area (Å²) in [5.41, 5.74) is 1.30. The minimum Gasteiger partial charge on any atom is -0.353 e. The van der Waals surface area contributed by atoms with Gasteiger partial charge in [0.2, 0.25) is 5.91 Å². The van der Waals surface area contributed by atoms with Gasteiger partial charge in [-0.1, -0.05) is 30.3 Å². The van der Waals surface area contributed by atoms with Crippen LogP contribution in [0.15, 0.2) is 30.3 Å². The molecule has 2 fully saturated rings. The molecule has 23 heavy (non-hydrogen) atoms. The minimum atomic E-state index is -0.119. The lowest BCUT2D eigenvalue weighted by molar-refractivity contribution is -0.123. The molecule has 1 aromatic carbocycles. The van der Waals surface area contributed by atoms with E-state index in [1.165, 1.54) is 5.56 Å². The maximum absolute atomic E-state index is 12.3. The Hall–Kier alpha value is -2.08. The average Bonchev–Trinajstić information content (AvgIpc) is 2.56. The van der Waals surface area contributed by atoms with Gasteiger partial charge in [0, 0.05) is 32.2 Å². The van der Waals surface area contributed by atoms with Gasteiger partial charge in [0.15, 0.2) is 0 Å². The number of amides is 3. The van der Waals surface area contributed by atoms with Crippen molar-refractivity contribution in [3.05, 3.63) is 35.9 Å². The van der Waals surface area contributed by atoms with Gasteiger partial charge >= 0.3 is 6.03 Å². The molecule has 0 aliphatic carbocycles. The van der Waals surface area contributed by atoms with Gasteiger partial charge in [-0.25, -0.2) is 4.79 Å². The number of piperazine rings is 1. The molecule has 0 bridgehead atoms. The molecule has 0 saturated carbocycles. The van der Waals surface area contributed by atoms with Crippen LogP contribution in [0.4, 0.5) is 4.79 Å². The normalized spacial score (nSPS) is 22.5. The lowest BCUT2D eigenvalue weighted by Crippen LogP contribution is -2.56. The Labute approximate surface area is 136 Å². The number of carbonyl (C=O) groups is 2. The third-order valence-corrected chi connectivity index (χ3v) is 4.41. The van der Waals surface area contributed by atoms with Crippen molar-refractivity contribution in [1.82, 2.24) is 20.4 Å². The van der Waals surface area contributed by atoms with E-state index in [4.69, 9.17) is 0 Å². The van der Waals surface area contributed by atoms with E-state index in [-0.39, 0.29) is 24.5 Å². The second kappa shape index (κ2) is 7.46. The summed E-state index contributed by atoms with van der Waals surface area (Å²) in [6.45, 7) is 4.12. The number of hydrogen-bond acceptors (Lipinski definition) is 3. The summed E-state index contributed by atoms with van der Waals surface area (Å²) in [7, 11) is 0. The second-order valence-corrected chi connectivity index (χ2v) is 6.28. The van der Waals surface area contributed by atoms with Crippen LogP contribution < -0.4 is 10.6 Å². The maximum atomic E-state index is 12.3. The van der Waals surface area contributed by atoms with E-state index in [1.807, 2.05) is 6.07 Å². The summed E-state index contributed by atoms with van der Waals surface area (Å²) in [6.07, 6.45) is 2.08. The van der Waals surface area contributed by atoms with Crippen molar-refractivity contribution in [2.24, 2.45) is 0 Å². The summed E-state index contributed by atoms with van der Waals surface area (Å²) >= 11 is 0. The lowest BCUT2D eigenvalue weighted by Gasteiger charge is -2.35. The van der Waals surface area contributed by atoms with E-state index in [0.717, 1.165) is 32.5 Å². The fourth-order valence-corrected chi connectivity index (χ4v) is 3.24. The Bertz CT molecular complexity index is 549. The summed E-state index contributed by atoms with van der Waals surface area (Å²) < 4.78 is 0. The first-order chi connectivity index (χ1) is 11.2. The Balaban J connectivity index is 1.50. The molecule has 2 N–H and O–H groups in total. The van der Waals surface area contributed by atoms with Crippen LogP contribution in [0.1, 0.15) is 18.4 Å². The number of urea groups is 1. The number of nitrogens with zero attached hydrogens (tertiary/aromatic N) is 2. The number of carbonyl (C=O) groups excluding carboxylic acids is 2. The van der Waals surface area contributed by atoms with Crippen molar-refractivity contribution >= 4 is 11.9 Å². The van der Waals surface area contributed by atoms with Crippen molar-refractivity contribution in [2.45, 2.75) is 25.4 Å². The Kier molecular flexibility index (Phi) is 5.12. The van der Waals surface area contributed by atoms with Crippen LogP contribution in [-0.2, 0) is 11.3 Å². The molecule has 6 nitrogen and oxygen atoms in total. The molecule has 6 heteroatoms. The quantitative estimate of drug-likeness (QED) is 0.867. The van der Waals surface area contributed by atoms with E-state index < -0.39 is 0 Å². The first kappa shape index (κ1) is 15.8. The molecule has 3 rings (SSSR count). The van der Waals surface area contributed by atoms with Crippen LogP contribution in [0.3, 0.4) is 0 Å². The predicted molar refractivity (Wildman–Crippen MR) is 87.9 cm³/mol. The molecule has 0 radical (unpaired) electrons. The van der Waals surface area contributed by atoms with Crippen molar-refractivity contribution in [2.75, 3.05) is 32.7 Å². The molecule has 1 unspecified atom stereocenters. The first-order valence-corrected chi connectivity index (χ1v) is 8.29. The molecule has 1 atom stereocenters. The zero-order valence-corrected chi connectivity index (χ0v) is 13.3. The van der Waals surface area contributed by atoms with Crippen LogP contribution in [0.2, 0.25) is 0 Å². The van der Waals surface area contributed by atoms with Gasteiger partial charge in [-0.15, -0.1) is 0 Å². The number of nitrogens with one attached hydrogen (secondary N) is 2. The van der Waals surface area contributed by atoms with Crippen LogP contribution in [-0.4, -0.2) is 60.5 Å². The van der Waals surface area contributed by atoms with Gasteiger partial charge in [-0.3, -0.25) is 9.69 Å². The Morgan fingerprint density at radius 2 is 2.09 bits per heavy atom. The van der Waals surface area contributed by atoms with Gasteiger partial charge in [0.25, 0.3) is 0 Å². The number of hydrogen-bond donors (Lipinski definition) is 2. The average molecular weight is 316 g/mol. The molecule has 2 aliphatic heterocycles. The summed E-state index contributed by atoms with van der Waals surface area (Å²) in [6, 6.07) is 10.4. The van der Waals surface area contributed by atoms with Crippen LogP contribution in [0, 0.1) is 0 Å². The third kappa shape index (κ3) is 4.45. The van der Waals surface area contributed by atoms with E-state index in [0.29, 0.717) is 13.1 Å². The zero-order valence-electron chi connectivity index (χ0n) is 13.3. The predicted octanol–water partition coefficient (Wildman–Crippen LogP) is 0.792. The van der Waals surface area contributed by atoms with Gasteiger partial charge in [-0.05, 0) is 24.9 Å². The van der Waals surface area contributed by atoms with E-state index in [9.17, 15) is 9.59 Å². The highest BCUT2D eigenvalue weighted by molar-refractivity contribution is 5.85. The van der Waals surface area contributed by atoms with Crippen LogP contribution >= 0.6 is 0 Å². The maximum Gasteiger partial charge on any atom is 0.318 e. The smallest absolute Gasteiger partial charge is 0.318 e. The molecule has 2 aliphatic rings. The molecular formula is C17H24N4O2. The van der Waals surface area contributed by atoms with E-state index in [2.05, 4.69) is 39.8 Å². The number of rotatable bonds is 3. The van der Waals surface area contributed by atoms with E-state index >= 15 is 0 Å². The third-order valence-electron chi connectivity index (χ3n) is 4.41. The zero-order chi connectivity index (χ0) is 16.1. The van der Waals surface area contributed by atoms with Crippen molar-refractivity contribution in [1.29, 1.82) is 0 Å². The van der Waals surface area contributed by atoms with Gasteiger partial charge in [-0.2, -0.15) is 0 Å². The SMILES string of the molecule is O=C1CN(C(=O)NC2CCCN(Cc3ccccc3)C2)CCN1. The highest BCUT2D eigenvalue weighted by Crippen LogP contribution is 2.14. The highest BCUT2D eigenvalue weighted by Gasteiger charge is 2.26. The largest absolute Gasteiger partial charge is 0.353 e. The van der Waals surface area contributed by atoms with E-state index in [1.54, 1.807) is 4.90 Å². The molecular weight excluding hydrogens is 292 g/mol. The molecule has 0 spiro atoms. The molecule has 2 heterocycles. The monoisotopic (exact) mass is 316 g/mol. The van der Waals surface area contributed by atoms with Crippen LogP contribution in [0.25, 0.3) is 0 Å². The Morgan fingerprint density at radius 1 is 1.26 bits per heavy atom.